The molecule has 17 heavy (non-hydrogen) atoms. The molecule has 0 aromatic rings. The van der Waals surface area contributed by atoms with Gasteiger partial charge in [-0.1, -0.05) is 13.3 Å². The molecule has 0 saturated carbocycles. The van der Waals surface area contributed by atoms with Crippen LogP contribution in [0.1, 0.15) is 40.0 Å². The van der Waals surface area contributed by atoms with E-state index in [2.05, 4.69) is 11.8 Å². The second kappa shape index (κ2) is 6.36. The summed E-state index contributed by atoms with van der Waals surface area (Å²) in [6.45, 7) is 9.18. The van der Waals surface area contributed by atoms with Gasteiger partial charge in [0.1, 0.15) is 0 Å². The summed E-state index contributed by atoms with van der Waals surface area (Å²) in [7, 11) is 0. The predicted octanol–water partition coefficient (Wildman–Crippen LogP) is 1.99. The number of carboxylic acid groups (broad SMARTS) is 1. The molecule has 0 spiro atoms. The average Bonchev–Trinajstić information content (AvgIpc) is 2.63. The van der Waals surface area contributed by atoms with E-state index in [4.69, 9.17) is 4.74 Å². The van der Waals surface area contributed by atoms with E-state index in [1.165, 1.54) is 0 Å². The van der Waals surface area contributed by atoms with Gasteiger partial charge in [-0.05, 0) is 33.2 Å². The van der Waals surface area contributed by atoms with Crippen molar-refractivity contribution in [2.24, 2.45) is 5.41 Å². The van der Waals surface area contributed by atoms with Gasteiger partial charge in [0.05, 0.1) is 18.1 Å². The molecule has 1 N–H and O–H groups in total. The van der Waals surface area contributed by atoms with Crippen LogP contribution < -0.4 is 0 Å². The van der Waals surface area contributed by atoms with Crippen LogP contribution in [0.3, 0.4) is 0 Å². The Hall–Kier alpha value is -0.610. The minimum Gasteiger partial charge on any atom is -0.481 e. The van der Waals surface area contributed by atoms with E-state index >= 15 is 0 Å². The van der Waals surface area contributed by atoms with Crippen LogP contribution in [0.15, 0.2) is 0 Å². The fourth-order valence-electron chi connectivity index (χ4n) is 2.53. The minimum atomic E-state index is -0.633. The molecule has 1 aliphatic heterocycles. The van der Waals surface area contributed by atoms with Crippen molar-refractivity contribution in [1.82, 2.24) is 4.90 Å². The highest BCUT2D eigenvalue weighted by Crippen LogP contribution is 2.35. The molecule has 1 atom stereocenters. The number of aliphatic carboxylic acids is 1. The number of hydrogen-bond donors (Lipinski definition) is 1. The molecule has 0 aromatic heterocycles. The standard InChI is InChI=1S/C13H25NO3/c1-4-5-13(12(15)16)6-7-14(10-13)8-9-17-11(2)3/h11H,4-10H2,1-3H3,(H,15,16). The van der Waals surface area contributed by atoms with Gasteiger partial charge in [-0.25, -0.2) is 0 Å². The third-order valence-electron chi connectivity index (χ3n) is 3.47. The Balaban J connectivity index is 2.41. The van der Waals surface area contributed by atoms with Crippen molar-refractivity contribution in [3.05, 3.63) is 0 Å². The van der Waals surface area contributed by atoms with E-state index in [0.717, 1.165) is 32.4 Å². The monoisotopic (exact) mass is 243 g/mol. The Morgan fingerprint density at radius 3 is 2.76 bits per heavy atom. The lowest BCUT2D eigenvalue weighted by Crippen LogP contribution is -2.35. The molecule has 0 aliphatic carbocycles. The van der Waals surface area contributed by atoms with Gasteiger partial charge < -0.3 is 9.84 Å². The summed E-state index contributed by atoms with van der Waals surface area (Å²) in [6.07, 6.45) is 2.74. The summed E-state index contributed by atoms with van der Waals surface area (Å²) in [6, 6.07) is 0. The maximum Gasteiger partial charge on any atom is 0.310 e. The molecule has 4 nitrogen and oxygen atoms in total. The Morgan fingerprint density at radius 1 is 1.53 bits per heavy atom. The van der Waals surface area contributed by atoms with Crippen molar-refractivity contribution < 1.29 is 14.6 Å². The van der Waals surface area contributed by atoms with Gasteiger partial charge in [-0.3, -0.25) is 9.69 Å². The van der Waals surface area contributed by atoms with Crippen LogP contribution >= 0.6 is 0 Å². The van der Waals surface area contributed by atoms with Gasteiger partial charge in [0.15, 0.2) is 0 Å². The Bertz CT molecular complexity index is 255. The number of carbonyl (C=O) groups is 1. The van der Waals surface area contributed by atoms with Gasteiger partial charge in [0.2, 0.25) is 0 Å². The third kappa shape index (κ3) is 3.96. The third-order valence-corrected chi connectivity index (χ3v) is 3.47. The SMILES string of the molecule is CCCC1(C(=O)O)CCN(CCOC(C)C)C1. The molecule has 1 unspecified atom stereocenters. The summed E-state index contributed by atoms with van der Waals surface area (Å²) in [5.74, 6) is -0.633. The highest BCUT2D eigenvalue weighted by molar-refractivity contribution is 5.75. The topological polar surface area (TPSA) is 49.8 Å². The van der Waals surface area contributed by atoms with Crippen molar-refractivity contribution in [3.8, 4) is 0 Å². The summed E-state index contributed by atoms with van der Waals surface area (Å²) >= 11 is 0. The average molecular weight is 243 g/mol. The molecule has 0 bridgehead atoms. The predicted molar refractivity (Wildman–Crippen MR) is 67.1 cm³/mol. The molecular formula is C13H25NO3. The zero-order chi connectivity index (χ0) is 12.9. The summed E-state index contributed by atoms with van der Waals surface area (Å²) < 4.78 is 5.50. The van der Waals surface area contributed by atoms with Crippen molar-refractivity contribution >= 4 is 5.97 Å². The molecule has 1 heterocycles. The maximum absolute atomic E-state index is 11.4. The lowest BCUT2D eigenvalue weighted by atomic mass is 9.83. The smallest absolute Gasteiger partial charge is 0.310 e. The van der Waals surface area contributed by atoms with E-state index in [0.29, 0.717) is 13.2 Å². The number of nitrogens with zero attached hydrogens (tertiary/aromatic N) is 1. The number of carboxylic acids is 1. The molecule has 1 aliphatic rings. The number of rotatable bonds is 7. The zero-order valence-electron chi connectivity index (χ0n) is 11.2. The fourth-order valence-corrected chi connectivity index (χ4v) is 2.53. The summed E-state index contributed by atoms with van der Waals surface area (Å²) in [5, 5.41) is 9.37. The van der Waals surface area contributed by atoms with Crippen molar-refractivity contribution in [3.63, 3.8) is 0 Å². The van der Waals surface area contributed by atoms with E-state index in [9.17, 15) is 9.90 Å². The van der Waals surface area contributed by atoms with Crippen molar-refractivity contribution in [2.45, 2.75) is 46.1 Å². The normalized spacial score (nSPS) is 25.6. The van der Waals surface area contributed by atoms with Crippen LogP contribution in [-0.4, -0.2) is 48.3 Å². The molecule has 0 aromatic carbocycles. The quantitative estimate of drug-likeness (QED) is 0.743. The largest absolute Gasteiger partial charge is 0.481 e. The van der Waals surface area contributed by atoms with Gasteiger partial charge >= 0.3 is 5.97 Å². The first kappa shape index (κ1) is 14.5. The van der Waals surface area contributed by atoms with Crippen LogP contribution in [0.5, 0.6) is 0 Å². The molecule has 100 valence electrons. The van der Waals surface area contributed by atoms with E-state index in [1.807, 2.05) is 13.8 Å². The molecule has 4 heteroatoms. The highest BCUT2D eigenvalue weighted by Gasteiger charge is 2.43. The first-order chi connectivity index (χ1) is 8.00. The van der Waals surface area contributed by atoms with E-state index in [-0.39, 0.29) is 6.10 Å². The van der Waals surface area contributed by atoms with Crippen molar-refractivity contribution in [2.75, 3.05) is 26.2 Å². The lowest BCUT2D eigenvalue weighted by molar-refractivity contribution is -0.148. The van der Waals surface area contributed by atoms with Crippen LogP contribution in [0, 0.1) is 5.41 Å². The number of ether oxygens (including phenoxy) is 1. The number of likely N-dealkylation sites (tertiary alicyclic amines) is 1. The van der Waals surface area contributed by atoms with Gasteiger partial charge in [0.25, 0.3) is 0 Å². The minimum absolute atomic E-state index is 0.248. The molecule has 0 amide bonds. The highest BCUT2D eigenvalue weighted by atomic mass is 16.5. The Kier molecular flexibility index (Phi) is 5.40. The Labute approximate surface area is 104 Å². The first-order valence-corrected chi connectivity index (χ1v) is 6.57. The molecule has 0 radical (unpaired) electrons. The van der Waals surface area contributed by atoms with Crippen LogP contribution in [0.4, 0.5) is 0 Å². The second-order valence-electron chi connectivity index (χ2n) is 5.28. The molecule has 1 saturated heterocycles. The maximum atomic E-state index is 11.4. The van der Waals surface area contributed by atoms with Crippen LogP contribution in [-0.2, 0) is 9.53 Å². The van der Waals surface area contributed by atoms with Gasteiger partial charge in [-0.2, -0.15) is 0 Å². The Morgan fingerprint density at radius 2 is 2.24 bits per heavy atom. The summed E-state index contributed by atoms with van der Waals surface area (Å²) in [4.78, 5) is 13.6. The fraction of sp³-hybridized carbons (Fsp3) is 0.923. The first-order valence-electron chi connectivity index (χ1n) is 6.57. The molecule has 1 fully saturated rings. The van der Waals surface area contributed by atoms with Crippen molar-refractivity contribution in [1.29, 1.82) is 0 Å². The van der Waals surface area contributed by atoms with E-state index < -0.39 is 11.4 Å². The van der Waals surface area contributed by atoms with E-state index in [1.54, 1.807) is 0 Å². The zero-order valence-corrected chi connectivity index (χ0v) is 11.2. The van der Waals surface area contributed by atoms with Crippen LogP contribution in [0.2, 0.25) is 0 Å². The number of hydrogen-bond acceptors (Lipinski definition) is 3. The van der Waals surface area contributed by atoms with Gasteiger partial charge in [0, 0.05) is 13.1 Å². The molecular weight excluding hydrogens is 218 g/mol. The molecule has 1 rings (SSSR count). The van der Waals surface area contributed by atoms with Gasteiger partial charge in [-0.15, -0.1) is 0 Å². The lowest BCUT2D eigenvalue weighted by Gasteiger charge is -2.24. The van der Waals surface area contributed by atoms with Crippen LogP contribution in [0.25, 0.3) is 0 Å². The second-order valence-corrected chi connectivity index (χ2v) is 5.28. The summed E-state index contributed by atoms with van der Waals surface area (Å²) in [5.41, 5.74) is -0.507.